The van der Waals surface area contributed by atoms with E-state index in [-0.39, 0.29) is 11.9 Å². The summed E-state index contributed by atoms with van der Waals surface area (Å²) in [6, 6.07) is 10.1. The number of pyridine rings is 1. The predicted molar refractivity (Wildman–Crippen MR) is 99.9 cm³/mol. The highest BCUT2D eigenvalue weighted by Gasteiger charge is 2.28. The summed E-state index contributed by atoms with van der Waals surface area (Å²) in [4.78, 5) is 18.9. The molecule has 130 valence electrons. The highest BCUT2D eigenvalue weighted by molar-refractivity contribution is 9.10. The normalized spacial score (nSPS) is 18.7. The van der Waals surface area contributed by atoms with E-state index < -0.39 is 0 Å². The summed E-state index contributed by atoms with van der Waals surface area (Å²) in [6.45, 7) is 0.755. The lowest BCUT2D eigenvalue weighted by Crippen LogP contribution is -2.38. The number of ether oxygens (including phenoxy) is 1. The van der Waals surface area contributed by atoms with Gasteiger partial charge in [-0.1, -0.05) is 22.0 Å². The number of halogens is 1. The van der Waals surface area contributed by atoms with Gasteiger partial charge in [-0.2, -0.15) is 0 Å². The molecule has 1 unspecified atom stereocenters. The van der Waals surface area contributed by atoms with Gasteiger partial charge in [-0.3, -0.25) is 4.79 Å². The zero-order valence-corrected chi connectivity index (χ0v) is 15.8. The summed E-state index contributed by atoms with van der Waals surface area (Å²) in [5, 5.41) is 0. The average Bonchev–Trinajstić information content (AvgIpc) is 3.36. The summed E-state index contributed by atoms with van der Waals surface area (Å²) >= 11 is 3.52. The lowest BCUT2D eigenvalue weighted by molar-refractivity contribution is 0.0731. The quantitative estimate of drug-likeness (QED) is 0.764. The monoisotopic (exact) mass is 400 g/mol. The molecule has 2 aliphatic rings. The van der Waals surface area contributed by atoms with Gasteiger partial charge in [0.05, 0.1) is 12.8 Å². The van der Waals surface area contributed by atoms with Crippen molar-refractivity contribution in [2.45, 2.75) is 31.7 Å². The number of hydrogen-bond acceptors (Lipinski definition) is 3. The van der Waals surface area contributed by atoms with Crippen molar-refractivity contribution in [2.75, 3.05) is 13.7 Å². The maximum Gasteiger partial charge on any atom is 0.272 e. The minimum atomic E-state index is -0.0365. The van der Waals surface area contributed by atoms with Gasteiger partial charge in [0.2, 0.25) is 0 Å². The standard InChI is InChI=1S/C20H21BrN2O2/c1-23(17-9-14-4-5-16(21)8-15(14)10-17)20(24)19-7-6-18(11-22-19)25-12-13-2-3-13/h4-8,11,13,17H,2-3,9-10,12H2,1H3. The fourth-order valence-corrected chi connectivity index (χ4v) is 3.68. The Morgan fingerprint density at radius 3 is 2.76 bits per heavy atom. The molecule has 1 heterocycles. The molecular weight excluding hydrogens is 380 g/mol. The zero-order chi connectivity index (χ0) is 17.4. The van der Waals surface area contributed by atoms with Crippen LogP contribution in [-0.2, 0) is 12.8 Å². The molecule has 1 amide bonds. The van der Waals surface area contributed by atoms with Crippen LogP contribution in [0, 0.1) is 5.92 Å². The molecule has 2 aliphatic carbocycles. The van der Waals surface area contributed by atoms with Crippen LogP contribution in [0.4, 0.5) is 0 Å². The Kier molecular flexibility index (Phi) is 4.50. The van der Waals surface area contributed by atoms with E-state index in [0.29, 0.717) is 11.6 Å². The molecule has 1 saturated carbocycles. The molecule has 0 saturated heterocycles. The Labute approximate surface area is 156 Å². The van der Waals surface area contributed by atoms with Crippen LogP contribution in [0.25, 0.3) is 0 Å². The molecule has 1 aromatic carbocycles. The SMILES string of the molecule is CN(C(=O)c1ccc(OCC2CC2)cn1)C1Cc2ccc(Br)cc2C1. The van der Waals surface area contributed by atoms with Crippen molar-refractivity contribution in [1.29, 1.82) is 0 Å². The van der Waals surface area contributed by atoms with E-state index in [0.717, 1.165) is 29.7 Å². The van der Waals surface area contributed by atoms with Crippen LogP contribution in [-0.4, -0.2) is 35.5 Å². The predicted octanol–water partition coefficient (Wildman–Crippen LogP) is 3.87. The molecule has 0 spiro atoms. The Hall–Kier alpha value is -1.88. The van der Waals surface area contributed by atoms with E-state index in [4.69, 9.17) is 4.74 Å². The second kappa shape index (κ2) is 6.79. The van der Waals surface area contributed by atoms with Crippen molar-refractivity contribution >= 4 is 21.8 Å². The van der Waals surface area contributed by atoms with Crippen LogP contribution >= 0.6 is 15.9 Å². The van der Waals surface area contributed by atoms with Gasteiger partial charge in [0, 0.05) is 17.6 Å². The second-order valence-electron chi connectivity index (χ2n) is 7.02. The zero-order valence-electron chi connectivity index (χ0n) is 14.2. The van der Waals surface area contributed by atoms with Crippen LogP contribution in [0.5, 0.6) is 5.75 Å². The summed E-state index contributed by atoms with van der Waals surface area (Å²) in [6.07, 6.45) is 5.96. The number of nitrogens with zero attached hydrogens (tertiary/aromatic N) is 2. The fraction of sp³-hybridized carbons (Fsp3) is 0.400. The van der Waals surface area contributed by atoms with Gasteiger partial charge in [0.25, 0.3) is 5.91 Å². The molecule has 0 aliphatic heterocycles. The number of aromatic nitrogens is 1. The molecule has 1 atom stereocenters. The van der Waals surface area contributed by atoms with Gasteiger partial charge in [0.1, 0.15) is 11.4 Å². The summed E-state index contributed by atoms with van der Waals surface area (Å²) in [7, 11) is 1.87. The summed E-state index contributed by atoms with van der Waals surface area (Å²) in [5.74, 6) is 1.41. The van der Waals surface area contributed by atoms with E-state index in [1.165, 1.54) is 24.0 Å². The van der Waals surface area contributed by atoms with Crippen LogP contribution in [0.15, 0.2) is 41.0 Å². The Balaban J connectivity index is 1.40. The van der Waals surface area contributed by atoms with Gasteiger partial charge in [-0.25, -0.2) is 4.98 Å². The van der Waals surface area contributed by atoms with Crippen LogP contribution in [0.3, 0.4) is 0 Å². The van der Waals surface area contributed by atoms with Crippen molar-refractivity contribution in [1.82, 2.24) is 9.88 Å². The molecule has 25 heavy (non-hydrogen) atoms. The number of hydrogen-bond donors (Lipinski definition) is 0. The number of carbonyl (C=O) groups is 1. The van der Waals surface area contributed by atoms with Gasteiger partial charge >= 0.3 is 0 Å². The van der Waals surface area contributed by atoms with Crippen molar-refractivity contribution in [3.63, 3.8) is 0 Å². The Morgan fingerprint density at radius 1 is 1.24 bits per heavy atom. The highest BCUT2D eigenvalue weighted by atomic mass is 79.9. The van der Waals surface area contributed by atoms with Gasteiger partial charge in [0.15, 0.2) is 0 Å². The maximum atomic E-state index is 12.8. The topological polar surface area (TPSA) is 42.4 Å². The third-order valence-electron chi connectivity index (χ3n) is 5.09. The number of amides is 1. The third kappa shape index (κ3) is 3.71. The number of benzene rings is 1. The van der Waals surface area contributed by atoms with Gasteiger partial charge < -0.3 is 9.64 Å². The smallest absolute Gasteiger partial charge is 0.272 e. The first-order valence-corrected chi connectivity index (χ1v) is 9.53. The number of rotatable bonds is 5. The van der Waals surface area contributed by atoms with E-state index in [9.17, 15) is 4.79 Å². The van der Waals surface area contributed by atoms with Crippen molar-refractivity contribution < 1.29 is 9.53 Å². The van der Waals surface area contributed by atoms with Crippen molar-refractivity contribution in [3.8, 4) is 5.75 Å². The summed E-state index contributed by atoms with van der Waals surface area (Å²) < 4.78 is 6.77. The first kappa shape index (κ1) is 16.6. The van der Waals surface area contributed by atoms with Crippen LogP contribution < -0.4 is 4.74 Å². The highest BCUT2D eigenvalue weighted by Crippen LogP contribution is 2.30. The van der Waals surface area contributed by atoms with Crippen LogP contribution in [0.1, 0.15) is 34.5 Å². The molecule has 1 fully saturated rings. The molecule has 5 heteroatoms. The maximum absolute atomic E-state index is 12.8. The molecule has 0 N–H and O–H groups in total. The summed E-state index contributed by atoms with van der Waals surface area (Å²) in [5.41, 5.74) is 3.11. The van der Waals surface area contributed by atoms with Gasteiger partial charge in [-0.05, 0) is 67.0 Å². The van der Waals surface area contributed by atoms with E-state index in [2.05, 4.69) is 39.1 Å². The van der Waals surface area contributed by atoms with E-state index in [1.807, 2.05) is 18.0 Å². The number of likely N-dealkylation sites (N-methyl/N-ethyl adjacent to an activating group) is 1. The Morgan fingerprint density at radius 2 is 2.04 bits per heavy atom. The number of fused-ring (bicyclic) bond motifs is 1. The van der Waals surface area contributed by atoms with Crippen LogP contribution in [0.2, 0.25) is 0 Å². The molecule has 0 bridgehead atoms. The van der Waals surface area contributed by atoms with E-state index >= 15 is 0 Å². The molecule has 1 aromatic heterocycles. The van der Waals surface area contributed by atoms with Gasteiger partial charge in [-0.15, -0.1) is 0 Å². The first-order valence-electron chi connectivity index (χ1n) is 8.73. The minimum Gasteiger partial charge on any atom is -0.492 e. The lowest BCUT2D eigenvalue weighted by Gasteiger charge is -2.24. The van der Waals surface area contributed by atoms with E-state index in [1.54, 1.807) is 12.3 Å². The fourth-order valence-electron chi connectivity index (χ4n) is 3.27. The van der Waals surface area contributed by atoms with Crippen molar-refractivity contribution in [2.24, 2.45) is 5.92 Å². The van der Waals surface area contributed by atoms with Crippen molar-refractivity contribution in [3.05, 3.63) is 57.8 Å². The molecule has 4 rings (SSSR count). The minimum absolute atomic E-state index is 0.0365. The number of carbonyl (C=O) groups excluding carboxylic acids is 1. The molecule has 2 aromatic rings. The third-order valence-corrected chi connectivity index (χ3v) is 5.58. The molecule has 0 radical (unpaired) electrons. The lowest BCUT2D eigenvalue weighted by atomic mass is 10.1. The average molecular weight is 401 g/mol. The molecule has 4 nitrogen and oxygen atoms in total. The second-order valence-corrected chi connectivity index (χ2v) is 7.94. The Bertz CT molecular complexity index is 787. The first-order chi connectivity index (χ1) is 12.1. The molecular formula is C20H21BrN2O2. The largest absolute Gasteiger partial charge is 0.492 e.